The first-order valence-corrected chi connectivity index (χ1v) is 9.49. The number of benzene rings is 1. The third-order valence-corrected chi connectivity index (χ3v) is 5.37. The van der Waals surface area contributed by atoms with Crippen molar-refractivity contribution in [2.45, 2.75) is 32.6 Å². The second kappa shape index (κ2) is 8.54. The summed E-state index contributed by atoms with van der Waals surface area (Å²) in [5.41, 5.74) is 0.756. The Balaban J connectivity index is 1.33. The van der Waals surface area contributed by atoms with Crippen molar-refractivity contribution >= 4 is 11.9 Å². The van der Waals surface area contributed by atoms with Crippen LogP contribution >= 0.6 is 0 Å². The number of hydrogen-bond acceptors (Lipinski definition) is 5. The molecular formula is C20H28N2O4. The molecule has 0 saturated carbocycles. The van der Waals surface area contributed by atoms with Crippen molar-refractivity contribution < 1.29 is 19.1 Å². The molecule has 0 radical (unpaired) electrons. The maximum atomic E-state index is 11.6. The van der Waals surface area contributed by atoms with Crippen LogP contribution in [0.15, 0.2) is 24.3 Å². The smallest absolute Gasteiger partial charge is 0.338 e. The van der Waals surface area contributed by atoms with Gasteiger partial charge >= 0.3 is 5.97 Å². The van der Waals surface area contributed by atoms with E-state index in [-0.39, 0.29) is 17.3 Å². The highest BCUT2D eigenvalue weighted by atomic mass is 16.5. The van der Waals surface area contributed by atoms with Gasteiger partial charge in [0.25, 0.3) is 0 Å². The SMILES string of the molecule is CCOC(=O)c1ccc(OCCCN2CCC3(CC2)CNC(=O)C3)cc1. The highest BCUT2D eigenvalue weighted by molar-refractivity contribution is 5.89. The molecule has 142 valence electrons. The molecule has 26 heavy (non-hydrogen) atoms. The lowest BCUT2D eigenvalue weighted by Gasteiger charge is -2.38. The number of carbonyl (C=O) groups is 2. The zero-order chi connectivity index (χ0) is 18.4. The number of rotatable bonds is 7. The second-order valence-corrected chi connectivity index (χ2v) is 7.24. The third-order valence-electron chi connectivity index (χ3n) is 5.37. The molecule has 2 aliphatic heterocycles. The van der Waals surface area contributed by atoms with E-state index >= 15 is 0 Å². The fraction of sp³-hybridized carbons (Fsp3) is 0.600. The van der Waals surface area contributed by atoms with Crippen LogP contribution in [0.2, 0.25) is 0 Å². The Morgan fingerprint density at radius 3 is 2.58 bits per heavy atom. The lowest BCUT2D eigenvalue weighted by atomic mass is 9.77. The van der Waals surface area contributed by atoms with Gasteiger partial charge in [-0.05, 0) is 69.0 Å². The molecule has 1 aromatic rings. The van der Waals surface area contributed by atoms with Crippen molar-refractivity contribution in [1.29, 1.82) is 0 Å². The molecule has 6 nitrogen and oxygen atoms in total. The van der Waals surface area contributed by atoms with Crippen LogP contribution in [0, 0.1) is 5.41 Å². The van der Waals surface area contributed by atoms with Crippen molar-refractivity contribution in [3.8, 4) is 5.75 Å². The molecule has 2 aliphatic rings. The molecular weight excluding hydrogens is 332 g/mol. The maximum Gasteiger partial charge on any atom is 0.338 e. The summed E-state index contributed by atoms with van der Waals surface area (Å²) >= 11 is 0. The van der Waals surface area contributed by atoms with Crippen LogP contribution in [0.4, 0.5) is 0 Å². The number of carbonyl (C=O) groups excluding carboxylic acids is 2. The van der Waals surface area contributed by atoms with Gasteiger partial charge in [-0.2, -0.15) is 0 Å². The predicted molar refractivity (Wildman–Crippen MR) is 98.2 cm³/mol. The molecule has 2 fully saturated rings. The first-order valence-electron chi connectivity index (χ1n) is 9.49. The zero-order valence-corrected chi connectivity index (χ0v) is 15.5. The van der Waals surface area contributed by atoms with Gasteiger partial charge < -0.3 is 19.7 Å². The number of amides is 1. The number of hydrogen-bond donors (Lipinski definition) is 1. The summed E-state index contributed by atoms with van der Waals surface area (Å²) in [5.74, 6) is 0.674. The number of nitrogens with one attached hydrogen (secondary N) is 1. The van der Waals surface area contributed by atoms with Crippen molar-refractivity contribution in [3.63, 3.8) is 0 Å². The number of esters is 1. The lowest BCUT2D eigenvalue weighted by Crippen LogP contribution is -2.41. The van der Waals surface area contributed by atoms with Crippen LogP contribution in [0.5, 0.6) is 5.75 Å². The fourth-order valence-electron chi connectivity index (χ4n) is 3.74. The predicted octanol–water partition coefficient (Wildman–Crippen LogP) is 2.23. The van der Waals surface area contributed by atoms with Gasteiger partial charge in [-0.3, -0.25) is 4.79 Å². The molecule has 3 rings (SSSR count). The minimum atomic E-state index is -0.305. The Hall–Kier alpha value is -2.08. The summed E-state index contributed by atoms with van der Waals surface area (Å²) in [5, 5.41) is 2.98. The van der Waals surface area contributed by atoms with Crippen molar-refractivity contribution in [1.82, 2.24) is 10.2 Å². The van der Waals surface area contributed by atoms with Gasteiger partial charge in [0.2, 0.25) is 5.91 Å². The monoisotopic (exact) mass is 360 g/mol. The zero-order valence-electron chi connectivity index (χ0n) is 15.5. The second-order valence-electron chi connectivity index (χ2n) is 7.24. The molecule has 0 aromatic heterocycles. The quantitative estimate of drug-likeness (QED) is 0.597. The molecule has 1 N–H and O–H groups in total. The number of nitrogens with zero attached hydrogens (tertiary/aromatic N) is 1. The first kappa shape index (κ1) is 18.7. The van der Waals surface area contributed by atoms with Crippen LogP contribution in [0.3, 0.4) is 0 Å². The van der Waals surface area contributed by atoms with Gasteiger partial charge in [-0.1, -0.05) is 0 Å². The first-order chi connectivity index (χ1) is 12.6. The van der Waals surface area contributed by atoms with E-state index in [2.05, 4.69) is 10.2 Å². The third kappa shape index (κ3) is 4.75. The summed E-state index contributed by atoms with van der Waals surface area (Å²) in [4.78, 5) is 25.5. The average molecular weight is 360 g/mol. The van der Waals surface area contributed by atoms with E-state index in [1.807, 2.05) is 0 Å². The van der Waals surface area contributed by atoms with E-state index in [1.54, 1.807) is 31.2 Å². The Morgan fingerprint density at radius 1 is 1.23 bits per heavy atom. The highest BCUT2D eigenvalue weighted by Crippen LogP contribution is 2.37. The average Bonchev–Trinajstić information content (AvgIpc) is 3.01. The van der Waals surface area contributed by atoms with Gasteiger partial charge in [-0.25, -0.2) is 4.79 Å². The molecule has 2 heterocycles. The minimum absolute atomic E-state index is 0.209. The Bertz CT molecular complexity index is 621. The molecule has 0 aliphatic carbocycles. The molecule has 1 spiro atoms. The summed E-state index contributed by atoms with van der Waals surface area (Å²) in [6.07, 6.45) is 3.86. The molecule has 1 aromatic carbocycles. The normalized spacial score (nSPS) is 19.3. The lowest BCUT2D eigenvalue weighted by molar-refractivity contribution is -0.119. The van der Waals surface area contributed by atoms with Crippen LogP contribution in [-0.4, -0.2) is 56.2 Å². The number of ether oxygens (including phenoxy) is 2. The van der Waals surface area contributed by atoms with E-state index in [0.717, 1.165) is 51.2 Å². The number of likely N-dealkylation sites (tertiary alicyclic amines) is 1. The Morgan fingerprint density at radius 2 is 1.96 bits per heavy atom. The van der Waals surface area contributed by atoms with Crippen molar-refractivity contribution in [2.24, 2.45) is 5.41 Å². The minimum Gasteiger partial charge on any atom is -0.494 e. The Kier molecular flexibility index (Phi) is 6.14. The summed E-state index contributed by atoms with van der Waals surface area (Å²) in [6.45, 7) is 6.80. The topological polar surface area (TPSA) is 67.9 Å². The molecule has 0 bridgehead atoms. The van der Waals surface area contributed by atoms with Crippen molar-refractivity contribution in [3.05, 3.63) is 29.8 Å². The largest absolute Gasteiger partial charge is 0.494 e. The highest BCUT2D eigenvalue weighted by Gasteiger charge is 2.40. The van der Waals surface area contributed by atoms with E-state index < -0.39 is 0 Å². The summed E-state index contributed by atoms with van der Waals surface area (Å²) in [6, 6.07) is 7.07. The molecule has 6 heteroatoms. The van der Waals surface area contributed by atoms with E-state index in [1.165, 1.54) is 0 Å². The standard InChI is InChI=1S/C20H28N2O4/c1-2-25-19(24)16-4-6-17(7-5-16)26-13-3-10-22-11-8-20(9-12-22)14-18(23)21-15-20/h4-7H,2-3,8-15H2,1H3,(H,21,23). The number of piperidine rings is 1. The van der Waals surface area contributed by atoms with E-state index in [0.29, 0.717) is 25.2 Å². The molecule has 2 saturated heterocycles. The van der Waals surface area contributed by atoms with E-state index in [9.17, 15) is 9.59 Å². The molecule has 1 amide bonds. The van der Waals surface area contributed by atoms with Gasteiger partial charge in [0.1, 0.15) is 5.75 Å². The molecule has 0 atom stereocenters. The maximum absolute atomic E-state index is 11.6. The van der Waals surface area contributed by atoms with E-state index in [4.69, 9.17) is 9.47 Å². The van der Waals surface area contributed by atoms with Crippen LogP contribution in [0.1, 0.15) is 43.0 Å². The summed E-state index contributed by atoms with van der Waals surface area (Å²) < 4.78 is 10.7. The van der Waals surface area contributed by atoms with Gasteiger partial charge in [0.15, 0.2) is 0 Å². The van der Waals surface area contributed by atoms with Gasteiger partial charge in [0.05, 0.1) is 18.8 Å². The van der Waals surface area contributed by atoms with Gasteiger partial charge in [0, 0.05) is 19.5 Å². The van der Waals surface area contributed by atoms with Crippen LogP contribution < -0.4 is 10.1 Å². The summed E-state index contributed by atoms with van der Waals surface area (Å²) in [7, 11) is 0. The fourth-order valence-corrected chi connectivity index (χ4v) is 3.74. The van der Waals surface area contributed by atoms with Crippen LogP contribution in [-0.2, 0) is 9.53 Å². The van der Waals surface area contributed by atoms with Crippen LogP contribution in [0.25, 0.3) is 0 Å². The van der Waals surface area contributed by atoms with Gasteiger partial charge in [-0.15, -0.1) is 0 Å². The molecule has 0 unspecified atom stereocenters. The van der Waals surface area contributed by atoms with Crippen molar-refractivity contribution in [2.75, 3.05) is 39.4 Å². The Labute approximate surface area is 154 Å².